The lowest BCUT2D eigenvalue weighted by Gasteiger charge is -2.12. The van der Waals surface area contributed by atoms with Crippen molar-refractivity contribution in [1.29, 1.82) is 0 Å². The summed E-state index contributed by atoms with van der Waals surface area (Å²) in [6.45, 7) is 0. The van der Waals surface area contributed by atoms with Gasteiger partial charge >= 0.3 is 0 Å². The van der Waals surface area contributed by atoms with E-state index < -0.39 is 5.91 Å². The summed E-state index contributed by atoms with van der Waals surface area (Å²) >= 11 is 0. The van der Waals surface area contributed by atoms with E-state index >= 15 is 0 Å². The number of nitrogens with one attached hydrogen (secondary N) is 1. The van der Waals surface area contributed by atoms with Crippen LogP contribution >= 0.6 is 0 Å². The number of aromatic nitrogens is 1. The van der Waals surface area contributed by atoms with E-state index in [0.29, 0.717) is 5.82 Å². The molecule has 1 amide bonds. The van der Waals surface area contributed by atoms with Crippen molar-refractivity contribution >= 4 is 11.7 Å². The topological polar surface area (TPSA) is 88.2 Å². The number of nitrogens with zero attached hydrogens (tertiary/aromatic N) is 1. The fraction of sp³-hybridized carbons (Fsp3) is 0.455. The Balaban J connectivity index is 2.04. The van der Waals surface area contributed by atoms with Gasteiger partial charge in [0.1, 0.15) is 11.5 Å². The highest BCUT2D eigenvalue weighted by Crippen LogP contribution is 2.22. The number of nitrogens with two attached hydrogens (primary N) is 1. The molecule has 0 aliphatic heterocycles. The van der Waals surface area contributed by atoms with Crippen molar-refractivity contribution in [3.63, 3.8) is 0 Å². The van der Waals surface area contributed by atoms with Crippen LogP contribution < -0.4 is 11.1 Å². The predicted octanol–water partition coefficient (Wildman–Crippen LogP) is 0.506. The highest BCUT2D eigenvalue weighted by atomic mass is 16.3. The largest absolute Gasteiger partial charge is 0.393 e. The van der Waals surface area contributed by atoms with Gasteiger partial charge < -0.3 is 16.2 Å². The molecule has 16 heavy (non-hydrogen) atoms. The van der Waals surface area contributed by atoms with Gasteiger partial charge in [-0.25, -0.2) is 4.98 Å². The SMILES string of the molecule is NC(=O)c1cccc(N[C@@H]2CC[C@H](O)C2)n1. The molecule has 2 rings (SSSR count). The van der Waals surface area contributed by atoms with Gasteiger partial charge in [-0.3, -0.25) is 4.79 Å². The van der Waals surface area contributed by atoms with E-state index in [1.54, 1.807) is 18.2 Å². The summed E-state index contributed by atoms with van der Waals surface area (Å²) in [7, 11) is 0. The molecule has 1 aromatic heterocycles. The Morgan fingerprint density at radius 3 is 2.94 bits per heavy atom. The normalized spacial score (nSPS) is 24.3. The highest BCUT2D eigenvalue weighted by Gasteiger charge is 2.22. The van der Waals surface area contributed by atoms with Crippen LogP contribution in [0.2, 0.25) is 0 Å². The fourth-order valence-electron chi connectivity index (χ4n) is 1.95. The molecule has 2 atom stereocenters. The molecule has 0 spiro atoms. The Morgan fingerprint density at radius 2 is 2.31 bits per heavy atom. The number of primary amides is 1. The van der Waals surface area contributed by atoms with Gasteiger partial charge in [0, 0.05) is 6.04 Å². The smallest absolute Gasteiger partial charge is 0.267 e. The van der Waals surface area contributed by atoms with Crippen molar-refractivity contribution in [3.8, 4) is 0 Å². The summed E-state index contributed by atoms with van der Waals surface area (Å²) < 4.78 is 0. The van der Waals surface area contributed by atoms with Crippen molar-refractivity contribution in [3.05, 3.63) is 23.9 Å². The number of anilines is 1. The molecule has 1 heterocycles. The van der Waals surface area contributed by atoms with E-state index in [1.807, 2.05) is 0 Å². The highest BCUT2D eigenvalue weighted by molar-refractivity contribution is 5.91. The van der Waals surface area contributed by atoms with E-state index in [1.165, 1.54) is 0 Å². The minimum atomic E-state index is -0.532. The first-order valence-corrected chi connectivity index (χ1v) is 5.36. The quantitative estimate of drug-likeness (QED) is 0.693. The second-order valence-electron chi connectivity index (χ2n) is 4.08. The van der Waals surface area contributed by atoms with Gasteiger partial charge in [-0.05, 0) is 31.4 Å². The number of amides is 1. The molecule has 1 saturated carbocycles. The molecule has 1 aliphatic carbocycles. The van der Waals surface area contributed by atoms with Crippen molar-refractivity contribution in [2.75, 3.05) is 5.32 Å². The number of hydrogen-bond donors (Lipinski definition) is 3. The Kier molecular flexibility index (Phi) is 3.05. The van der Waals surface area contributed by atoms with Crippen LogP contribution in [-0.2, 0) is 0 Å². The van der Waals surface area contributed by atoms with Crippen LogP contribution in [-0.4, -0.2) is 28.1 Å². The Labute approximate surface area is 93.7 Å². The van der Waals surface area contributed by atoms with Gasteiger partial charge in [0.25, 0.3) is 5.91 Å². The molecule has 4 N–H and O–H groups in total. The first kappa shape index (κ1) is 10.9. The molecule has 1 aromatic rings. The van der Waals surface area contributed by atoms with Gasteiger partial charge in [-0.2, -0.15) is 0 Å². The summed E-state index contributed by atoms with van der Waals surface area (Å²) in [6, 6.07) is 5.33. The number of aliphatic hydroxyl groups is 1. The molecule has 86 valence electrons. The third kappa shape index (κ3) is 2.49. The number of rotatable bonds is 3. The molecule has 0 unspecified atom stereocenters. The zero-order valence-corrected chi connectivity index (χ0v) is 8.89. The Morgan fingerprint density at radius 1 is 1.50 bits per heavy atom. The lowest BCUT2D eigenvalue weighted by molar-refractivity contribution is 0.0995. The fourth-order valence-corrected chi connectivity index (χ4v) is 1.95. The lowest BCUT2D eigenvalue weighted by atomic mass is 10.2. The van der Waals surface area contributed by atoms with Crippen LogP contribution in [0.15, 0.2) is 18.2 Å². The van der Waals surface area contributed by atoms with E-state index in [0.717, 1.165) is 19.3 Å². The molecular formula is C11H15N3O2. The Bertz CT molecular complexity index is 395. The predicted molar refractivity (Wildman–Crippen MR) is 60.0 cm³/mol. The molecule has 1 aliphatic rings. The van der Waals surface area contributed by atoms with Crippen LogP contribution in [0.5, 0.6) is 0 Å². The molecular weight excluding hydrogens is 206 g/mol. The zero-order chi connectivity index (χ0) is 11.5. The van der Waals surface area contributed by atoms with Crippen molar-refractivity contribution in [2.45, 2.75) is 31.4 Å². The number of carbonyl (C=O) groups excluding carboxylic acids is 1. The minimum absolute atomic E-state index is 0.225. The zero-order valence-electron chi connectivity index (χ0n) is 8.89. The van der Waals surface area contributed by atoms with Crippen LogP contribution in [0.4, 0.5) is 5.82 Å². The van der Waals surface area contributed by atoms with Gasteiger partial charge in [-0.1, -0.05) is 6.07 Å². The van der Waals surface area contributed by atoms with Crippen LogP contribution in [0.1, 0.15) is 29.8 Å². The number of aliphatic hydroxyl groups excluding tert-OH is 1. The molecule has 5 nitrogen and oxygen atoms in total. The van der Waals surface area contributed by atoms with Crippen LogP contribution in [0.3, 0.4) is 0 Å². The summed E-state index contributed by atoms with van der Waals surface area (Å²) in [6.07, 6.45) is 2.23. The van der Waals surface area contributed by atoms with Crippen LogP contribution in [0.25, 0.3) is 0 Å². The summed E-state index contributed by atoms with van der Waals surface area (Å²) in [5.74, 6) is 0.102. The van der Waals surface area contributed by atoms with E-state index in [-0.39, 0.29) is 17.8 Å². The molecule has 5 heteroatoms. The average molecular weight is 221 g/mol. The first-order valence-electron chi connectivity index (χ1n) is 5.36. The van der Waals surface area contributed by atoms with Crippen LogP contribution in [0, 0.1) is 0 Å². The summed E-state index contributed by atoms with van der Waals surface area (Å²) in [5.41, 5.74) is 5.40. The lowest BCUT2D eigenvalue weighted by Crippen LogP contribution is -2.19. The van der Waals surface area contributed by atoms with Gasteiger partial charge in [0.2, 0.25) is 0 Å². The third-order valence-electron chi connectivity index (χ3n) is 2.76. The number of carbonyl (C=O) groups is 1. The number of pyridine rings is 1. The monoisotopic (exact) mass is 221 g/mol. The molecule has 1 fully saturated rings. The first-order chi connectivity index (χ1) is 7.65. The maximum absolute atomic E-state index is 10.9. The Hall–Kier alpha value is -1.62. The van der Waals surface area contributed by atoms with E-state index in [2.05, 4.69) is 10.3 Å². The average Bonchev–Trinajstić information content (AvgIpc) is 2.64. The van der Waals surface area contributed by atoms with Crippen molar-refractivity contribution in [2.24, 2.45) is 5.73 Å². The molecule has 0 bridgehead atoms. The van der Waals surface area contributed by atoms with Gasteiger partial charge in [0.15, 0.2) is 0 Å². The van der Waals surface area contributed by atoms with Crippen molar-refractivity contribution < 1.29 is 9.90 Å². The molecule has 0 radical (unpaired) electrons. The van der Waals surface area contributed by atoms with Crippen molar-refractivity contribution in [1.82, 2.24) is 4.98 Å². The maximum Gasteiger partial charge on any atom is 0.267 e. The minimum Gasteiger partial charge on any atom is -0.393 e. The van der Waals surface area contributed by atoms with E-state index in [9.17, 15) is 9.90 Å². The van der Waals surface area contributed by atoms with E-state index in [4.69, 9.17) is 5.73 Å². The third-order valence-corrected chi connectivity index (χ3v) is 2.76. The van der Waals surface area contributed by atoms with Gasteiger partial charge in [-0.15, -0.1) is 0 Å². The second-order valence-corrected chi connectivity index (χ2v) is 4.08. The standard InChI is InChI=1S/C11H15N3O2/c12-11(16)9-2-1-3-10(14-9)13-7-4-5-8(15)6-7/h1-3,7-8,15H,4-6H2,(H2,12,16)(H,13,14)/t7-,8+/m1/s1. The molecule has 0 aromatic carbocycles. The number of hydrogen-bond acceptors (Lipinski definition) is 4. The molecule has 0 saturated heterocycles. The maximum atomic E-state index is 10.9. The summed E-state index contributed by atoms with van der Waals surface area (Å²) in [4.78, 5) is 15.0. The summed E-state index contributed by atoms with van der Waals surface area (Å²) in [5, 5.41) is 12.6. The second kappa shape index (κ2) is 4.49. The van der Waals surface area contributed by atoms with Gasteiger partial charge in [0.05, 0.1) is 6.10 Å².